The first-order chi connectivity index (χ1) is 8.66. The van der Waals surface area contributed by atoms with Crippen molar-refractivity contribution in [1.82, 2.24) is 20.1 Å². The van der Waals surface area contributed by atoms with Gasteiger partial charge in [0.15, 0.2) is 21.5 Å². The van der Waals surface area contributed by atoms with E-state index < -0.39 is 14.6 Å². The van der Waals surface area contributed by atoms with Gasteiger partial charge in [0.25, 0.3) is 0 Å². The summed E-state index contributed by atoms with van der Waals surface area (Å²) in [4.78, 5) is 0. The third kappa shape index (κ3) is 2.29. The average Bonchev–Trinajstić information content (AvgIpc) is 2.70. The monoisotopic (exact) mass is 286 g/mol. The standard InChI is InChI=1S/C12H22N4O2S/c1-8(2)9-10-14-15-11(16(10)7-6-13-9)12(3,4)19(5,17)18/h8-9,13H,6-7H2,1-5H3. The van der Waals surface area contributed by atoms with Crippen molar-refractivity contribution < 1.29 is 8.42 Å². The minimum atomic E-state index is -3.24. The molecule has 0 fully saturated rings. The molecule has 6 nitrogen and oxygen atoms in total. The summed E-state index contributed by atoms with van der Waals surface area (Å²) in [5.41, 5.74) is 0. The Morgan fingerprint density at radius 2 is 2.00 bits per heavy atom. The van der Waals surface area contributed by atoms with Crippen LogP contribution in [0.2, 0.25) is 0 Å². The first kappa shape index (κ1) is 14.5. The Morgan fingerprint density at radius 3 is 2.53 bits per heavy atom. The smallest absolute Gasteiger partial charge is 0.159 e. The summed E-state index contributed by atoms with van der Waals surface area (Å²) >= 11 is 0. The molecule has 1 aliphatic heterocycles. The fraction of sp³-hybridized carbons (Fsp3) is 0.833. The summed E-state index contributed by atoms with van der Waals surface area (Å²) in [6.07, 6.45) is 1.25. The van der Waals surface area contributed by atoms with Gasteiger partial charge in [0.1, 0.15) is 4.75 Å². The Morgan fingerprint density at radius 1 is 1.37 bits per heavy atom. The minimum Gasteiger partial charge on any atom is -0.311 e. The van der Waals surface area contributed by atoms with Crippen LogP contribution in [0.5, 0.6) is 0 Å². The highest BCUT2D eigenvalue weighted by molar-refractivity contribution is 7.91. The van der Waals surface area contributed by atoms with Crippen molar-refractivity contribution in [3.05, 3.63) is 11.6 Å². The fourth-order valence-electron chi connectivity index (χ4n) is 2.33. The fourth-order valence-corrected chi connectivity index (χ4v) is 2.82. The molecule has 2 rings (SSSR count). The molecule has 1 atom stereocenters. The van der Waals surface area contributed by atoms with Crippen LogP contribution in [0.15, 0.2) is 0 Å². The van der Waals surface area contributed by atoms with Crippen LogP contribution in [0.25, 0.3) is 0 Å². The summed E-state index contributed by atoms with van der Waals surface area (Å²) < 4.78 is 24.9. The van der Waals surface area contributed by atoms with Crippen LogP contribution >= 0.6 is 0 Å². The van der Waals surface area contributed by atoms with Gasteiger partial charge in [0.05, 0.1) is 6.04 Å². The molecule has 108 valence electrons. The first-order valence-corrected chi connectivity index (χ1v) is 8.42. The van der Waals surface area contributed by atoms with Crippen LogP contribution in [0.3, 0.4) is 0 Å². The zero-order valence-electron chi connectivity index (χ0n) is 12.1. The van der Waals surface area contributed by atoms with Crippen molar-refractivity contribution in [1.29, 1.82) is 0 Å². The number of aromatic nitrogens is 3. The normalized spacial score (nSPS) is 20.6. The predicted octanol–water partition coefficient (Wildman–Crippen LogP) is 0.858. The highest BCUT2D eigenvalue weighted by atomic mass is 32.2. The van der Waals surface area contributed by atoms with Gasteiger partial charge in [-0.05, 0) is 19.8 Å². The molecule has 1 N–H and O–H groups in total. The molecule has 0 amide bonds. The zero-order valence-corrected chi connectivity index (χ0v) is 13.0. The van der Waals surface area contributed by atoms with Gasteiger partial charge in [-0.3, -0.25) is 0 Å². The first-order valence-electron chi connectivity index (χ1n) is 6.53. The minimum absolute atomic E-state index is 0.130. The maximum absolute atomic E-state index is 12.0. The Kier molecular flexibility index (Phi) is 3.47. The number of sulfone groups is 1. The van der Waals surface area contributed by atoms with E-state index in [1.807, 2.05) is 4.57 Å². The molecular weight excluding hydrogens is 264 g/mol. The number of hydrogen-bond acceptors (Lipinski definition) is 5. The van der Waals surface area contributed by atoms with Crippen LogP contribution in [-0.2, 0) is 21.1 Å². The molecule has 1 unspecified atom stereocenters. The Balaban J connectivity index is 2.53. The lowest BCUT2D eigenvalue weighted by molar-refractivity contribution is 0.332. The second-order valence-electron chi connectivity index (χ2n) is 5.99. The summed E-state index contributed by atoms with van der Waals surface area (Å²) in [6, 6.07) is 0.130. The molecule has 0 saturated carbocycles. The zero-order chi connectivity index (χ0) is 14.4. The van der Waals surface area contributed by atoms with E-state index in [-0.39, 0.29) is 6.04 Å². The lowest BCUT2D eigenvalue weighted by Gasteiger charge is -2.30. The molecule has 7 heteroatoms. The van der Waals surface area contributed by atoms with Crippen molar-refractivity contribution in [2.45, 2.75) is 45.0 Å². The van der Waals surface area contributed by atoms with Crippen LogP contribution < -0.4 is 5.32 Å². The van der Waals surface area contributed by atoms with Gasteiger partial charge < -0.3 is 9.88 Å². The van der Waals surface area contributed by atoms with E-state index in [1.54, 1.807) is 13.8 Å². The molecule has 1 aromatic heterocycles. The Labute approximate surface area is 114 Å². The van der Waals surface area contributed by atoms with Gasteiger partial charge in [-0.1, -0.05) is 13.8 Å². The van der Waals surface area contributed by atoms with E-state index in [2.05, 4.69) is 29.4 Å². The van der Waals surface area contributed by atoms with Crippen molar-refractivity contribution in [2.24, 2.45) is 5.92 Å². The van der Waals surface area contributed by atoms with Crippen LogP contribution in [0, 0.1) is 5.92 Å². The molecule has 1 aliphatic rings. The van der Waals surface area contributed by atoms with Crippen molar-refractivity contribution >= 4 is 9.84 Å². The van der Waals surface area contributed by atoms with E-state index >= 15 is 0 Å². The molecule has 0 aromatic carbocycles. The molecule has 0 saturated heterocycles. The number of rotatable bonds is 3. The van der Waals surface area contributed by atoms with Gasteiger partial charge in [0.2, 0.25) is 0 Å². The second kappa shape index (κ2) is 4.56. The molecule has 0 radical (unpaired) electrons. The predicted molar refractivity (Wildman–Crippen MR) is 73.5 cm³/mol. The van der Waals surface area contributed by atoms with E-state index in [1.165, 1.54) is 6.26 Å². The molecule has 0 aliphatic carbocycles. The van der Waals surface area contributed by atoms with Crippen LogP contribution in [0.1, 0.15) is 45.4 Å². The van der Waals surface area contributed by atoms with E-state index in [0.29, 0.717) is 18.3 Å². The number of nitrogens with zero attached hydrogens (tertiary/aromatic N) is 3. The van der Waals surface area contributed by atoms with Gasteiger partial charge in [-0.25, -0.2) is 8.42 Å². The maximum atomic E-state index is 12.0. The van der Waals surface area contributed by atoms with Crippen molar-refractivity contribution in [3.8, 4) is 0 Å². The topological polar surface area (TPSA) is 76.9 Å². The van der Waals surface area contributed by atoms with Crippen molar-refractivity contribution in [2.75, 3.05) is 12.8 Å². The number of hydrogen-bond donors (Lipinski definition) is 1. The van der Waals surface area contributed by atoms with Gasteiger partial charge >= 0.3 is 0 Å². The summed E-state index contributed by atoms with van der Waals surface area (Å²) in [7, 11) is -3.24. The molecule has 19 heavy (non-hydrogen) atoms. The lowest BCUT2D eigenvalue weighted by Crippen LogP contribution is -2.39. The largest absolute Gasteiger partial charge is 0.311 e. The van der Waals surface area contributed by atoms with E-state index in [9.17, 15) is 8.42 Å². The van der Waals surface area contributed by atoms with Gasteiger partial charge in [-0.15, -0.1) is 10.2 Å². The highest BCUT2D eigenvalue weighted by Gasteiger charge is 2.40. The second-order valence-corrected chi connectivity index (χ2v) is 8.56. The molecular formula is C12H22N4O2S. The third-order valence-corrected chi connectivity index (χ3v) is 5.93. The molecule has 1 aromatic rings. The van der Waals surface area contributed by atoms with Crippen LogP contribution in [0.4, 0.5) is 0 Å². The number of fused-ring (bicyclic) bond motifs is 1. The average molecular weight is 286 g/mol. The van der Waals surface area contributed by atoms with Crippen molar-refractivity contribution in [3.63, 3.8) is 0 Å². The highest BCUT2D eigenvalue weighted by Crippen LogP contribution is 2.31. The van der Waals surface area contributed by atoms with Gasteiger partial charge in [-0.2, -0.15) is 0 Å². The molecule has 2 heterocycles. The summed E-state index contributed by atoms with van der Waals surface area (Å²) in [6.45, 7) is 9.12. The SMILES string of the molecule is CC(C)C1NCCn2c1nnc2C(C)(C)S(C)(=O)=O. The molecule has 0 spiro atoms. The maximum Gasteiger partial charge on any atom is 0.159 e. The van der Waals surface area contributed by atoms with Gasteiger partial charge in [0, 0.05) is 19.3 Å². The quantitative estimate of drug-likeness (QED) is 0.891. The summed E-state index contributed by atoms with van der Waals surface area (Å²) in [5.74, 6) is 1.77. The van der Waals surface area contributed by atoms with Crippen LogP contribution in [-0.4, -0.2) is 36.0 Å². The Hall–Kier alpha value is -0.950. The summed E-state index contributed by atoms with van der Waals surface area (Å²) in [5, 5.41) is 11.8. The third-order valence-electron chi connectivity index (χ3n) is 3.89. The Bertz CT molecular complexity index is 575. The molecule has 0 bridgehead atoms. The van der Waals surface area contributed by atoms with E-state index in [4.69, 9.17) is 0 Å². The van der Waals surface area contributed by atoms with E-state index in [0.717, 1.165) is 12.4 Å². The number of nitrogens with one attached hydrogen (secondary N) is 1. The lowest BCUT2D eigenvalue weighted by atomic mass is 10.0.